The van der Waals surface area contributed by atoms with Gasteiger partial charge < -0.3 is 4.98 Å². The fourth-order valence-electron chi connectivity index (χ4n) is 1.73. The summed E-state index contributed by atoms with van der Waals surface area (Å²) in [5, 5.41) is 0.718. The number of rotatable bonds is 1. The minimum atomic E-state index is 0.718. The van der Waals surface area contributed by atoms with Crippen molar-refractivity contribution < 1.29 is 0 Å². The van der Waals surface area contributed by atoms with Gasteiger partial charge in [-0.2, -0.15) is 0 Å². The lowest BCUT2D eigenvalue weighted by Crippen LogP contribution is -1.79. The predicted molar refractivity (Wildman–Crippen MR) is 79.3 cm³/mol. The van der Waals surface area contributed by atoms with Gasteiger partial charge >= 0.3 is 0 Å². The molecule has 1 heterocycles. The van der Waals surface area contributed by atoms with Gasteiger partial charge in [0.15, 0.2) is 0 Å². The fraction of sp³-hybridized carbons (Fsp3) is 0. The van der Waals surface area contributed by atoms with Crippen molar-refractivity contribution in [3.8, 4) is 11.4 Å². The van der Waals surface area contributed by atoms with E-state index in [-0.39, 0.29) is 0 Å². The molecular weight excluding hydrogens is 347 g/mol. The summed E-state index contributed by atoms with van der Waals surface area (Å²) in [6.45, 7) is 0. The monoisotopic (exact) mass is 354 g/mol. The van der Waals surface area contributed by atoms with Crippen molar-refractivity contribution in [3.05, 3.63) is 51.1 Å². The molecule has 0 fully saturated rings. The Morgan fingerprint density at radius 1 is 1.06 bits per heavy atom. The molecule has 0 amide bonds. The Morgan fingerprint density at radius 2 is 1.82 bits per heavy atom. The molecule has 4 heteroatoms. The van der Waals surface area contributed by atoms with Crippen LogP contribution in [-0.2, 0) is 0 Å². The van der Waals surface area contributed by atoms with Crippen LogP contribution < -0.4 is 0 Å². The van der Waals surface area contributed by atoms with Gasteiger partial charge in [-0.1, -0.05) is 23.7 Å². The van der Waals surface area contributed by atoms with Gasteiger partial charge in [-0.25, -0.2) is 4.98 Å². The number of imidazole rings is 1. The van der Waals surface area contributed by atoms with E-state index in [1.165, 1.54) is 3.57 Å². The number of aromatic nitrogens is 2. The molecule has 0 unspecified atom stereocenters. The number of halogens is 2. The molecule has 3 rings (SSSR count). The second-order valence-electron chi connectivity index (χ2n) is 3.75. The molecule has 0 bridgehead atoms. The van der Waals surface area contributed by atoms with Crippen molar-refractivity contribution in [2.45, 2.75) is 0 Å². The third-order valence-corrected chi connectivity index (χ3v) is 3.52. The van der Waals surface area contributed by atoms with Gasteiger partial charge in [0.1, 0.15) is 5.82 Å². The number of nitrogens with zero attached hydrogens (tertiary/aromatic N) is 1. The highest BCUT2D eigenvalue weighted by molar-refractivity contribution is 14.1. The van der Waals surface area contributed by atoms with Gasteiger partial charge in [0.05, 0.1) is 11.0 Å². The number of hydrogen-bond acceptors (Lipinski definition) is 1. The number of aromatic amines is 1. The van der Waals surface area contributed by atoms with Crippen LogP contribution in [0.2, 0.25) is 5.02 Å². The largest absolute Gasteiger partial charge is 0.338 e. The van der Waals surface area contributed by atoms with Gasteiger partial charge in [-0.3, -0.25) is 0 Å². The van der Waals surface area contributed by atoms with Crippen LogP contribution in [0.3, 0.4) is 0 Å². The summed E-state index contributed by atoms with van der Waals surface area (Å²) in [4.78, 5) is 7.81. The van der Waals surface area contributed by atoms with E-state index >= 15 is 0 Å². The lowest BCUT2D eigenvalue weighted by Gasteiger charge is -1.95. The number of hydrogen-bond donors (Lipinski definition) is 1. The Labute approximate surface area is 117 Å². The first-order valence-electron chi connectivity index (χ1n) is 5.13. The minimum Gasteiger partial charge on any atom is -0.338 e. The Bertz CT molecular complexity index is 673. The first-order valence-corrected chi connectivity index (χ1v) is 6.59. The van der Waals surface area contributed by atoms with E-state index in [1.807, 2.05) is 18.2 Å². The molecule has 0 spiro atoms. The Hall–Kier alpha value is -1.07. The Balaban J connectivity index is 2.14. The Kier molecular flexibility index (Phi) is 2.80. The van der Waals surface area contributed by atoms with Crippen LogP contribution in [0.15, 0.2) is 42.5 Å². The summed E-state index contributed by atoms with van der Waals surface area (Å²) in [7, 11) is 0. The highest BCUT2D eigenvalue weighted by atomic mass is 127. The van der Waals surface area contributed by atoms with E-state index in [4.69, 9.17) is 11.6 Å². The lowest BCUT2D eigenvalue weighted by molar-refractivity contribution is 1.33. The molecule has 0 radical (unpaired) electrons. The van der Waals surface area contributed by atoms with E-state index in [9.17, 15) is 0 Å². The molecule has 84 valence electrons. The summed E-state index contributed by atoms with van der Waals surface area (Å²) in [6, 6.07) is 13.9. The average molecular weight is 355 g/mol. The molecule has 1 N–H and O–H groups in total. The van der Waals surface area contributed by atoms with E-state index in [0.29, 0.717) is 0 Å². The van der Waals surface area contributed by atoms with E-state index in [1.54, 1.807) is 0 Å². The van der Waals surface area contributed by atoms with Gasteiger partial charge in [0.25, 0.3) is 0 Å². The van der Waals surface area contributed by atoms with Gasteiger partial charge in [-0.05, 0) is 52.9 Å². The highest BCUT2D eigenvalue weighted by Crippen LogP contribution is 2.23. The number of nitrogens with one attached hydrogen (secondary N) is 1. The quantitative estimate of drug-likeness (QED) is 0.641. The van der Waals surface area contributed by atoms with Crippen LogP contribution in [-0.4, -0.2) is 9.97 Å². The standard InChI is InChI=1S/C13H8ClIN2/c14-9-3-6-11-12(7-9)17-13(16-11)8-1-4-10(15)5-2-8/h1-7H,(H,16,17). The molecule has 17 heavy (non-hydrogen) atoms. The second kappa shape index (κ2) is 4.31. The number of benzene rings is 2. The lowest BCUT2D eigenvalue weighted by atomic mass is 10.2. The van der Waals surface area contributed by atoms with Crippen LogP contribution >= 0.6 is 34.2 Å². The van der Waals surface area contributed by atoms with Crippen molar-refractivity contribution in [2.75, 3.05) is 0 Å². The number of fused-ring (bicyclic) bond motifs is 1. The summed E-state index contributed by atoms with van der Waals surface area (Å²) >= 11 is 8.23. The molecule has 0 saturated heterocycles. The van der Waals surface area contributed by atoms with E-state index in [2.05, 4.69) is 56.8 Å². The highest BCUT2D eigenvalue weighted by Gasteiger charge is 2.05. The summed E-state index contributed by atoms with van der Waals surface area (Å²) in [6.07, 6.45) is 0. The molecule has 2 aromatic carbocycles. The Morgan fingerprint density at radius 3 is 2.59 bits per heavy atom. The molecule has 0 atom stereocenters. The van der Waals surface area contributed by atoms with Crippen molar-refractivity contribution in [1.82, 2.24) is 9.97 Å². The average Bonchev–Trinajstić information content (AvgIpc) is 2.72. The second-order valence-corrected chi connectivity index (χ2v) is 5.44. The molecule has 0 aliphatic heterocycles. The zero-order valence-corrected chi connectivity index (χ0v) is 11.7. The van der Waals surface area contributed by atoms with E-state index in [0.717, 1.165) is 27.4 Å². The summed E-state index contributed by atoms with van der Waals surface area (Å²) in [5.74, 6) is 0.874. The smallest absolute Gasteiger partial charge is 0.138 e. The molecular formula is C13H8ClIN2. The molecule has 1 aromatic heterocycles. The van der Waals surface area contributed by atoms with E-state index < -0.39 is 0 Å². The maximum atomic E-state index is 5.95. The summed E-state index contributed by atoms with van der Waals surface area (Å²) < 4.78 is 1.21. The van der Waals surface area contributed by atoms with Crippen LogP contribution in [0, 0.1) is 3.57 Å². The van der Waals surface area contributed by atoms with Gasteiger partial charge in [0, 0.05) is 14.2 Å². The molecule has 0 aliphatic carbocycles. The zero-order valence-electron chi connectivity index (χ0n) is 8.74. The minimum absolute atomic E-state index is 0.718. The zero-order chi connectivity index (χ0) is 11.8. The molecule has 2 nitrogen and oxygen atoms in total. The van der Waals surface area contributed by atoms with Crippen molar-refractivity contribution >= 4 is 45.2 Å². The van der Waals surface area contributed by atoms with Crippen molar-refractivity contribution in [3.63, 3.8) is 0 Å². The van der Waals surface area contributed by atoms with Crippen LogP contribution in [0.25, 0.3) is 22.4 Å². The SMILES string of the molecule is Clc1ccc2nc(-c3ccc(I)cc3)[nH]c2c1. The molecule has 0 aliphatic rings. The predicted octanol–water partition coefficient (Wildman–Crippen LogP) is 4.49. The van der Waals surface area contributed by atoms with Crippen molar-refractivity contribution in [2.24, 2.45) is 0 Å². The van der Waals surface area contributed by atoms with Crippen LogP contribution in [0.5, 0.6) is 0 Å². The maximum Gasteiger partial charge on any atom is 0.138 e. The third-order valence-electron chi connectivity index (χ3n) is 2.56. The summed E-state index contributed by atoms with van der Waals surface area (Å²) in [5.41, 5.74) is 2.98. The fourth-order valence-corrected chi connectivity index (χ4v) is 2.26. The van der Waals surface area contributed by atoms with Crippen LogP contribution in [0.4, 0.5) is 0 Å². The van der Waals surface area contributed by atoms with Gasteiger partial charge in [0.2, 0.25) is 0 Å². The van der Waals surface area contributed by atoms with Crippen molar-refractivity contribution in [1.29, 1.82) is 0 Å². The number of H-pyrrole nitrogens is 1. The topological polar surface area (TPSA) is 28.7 Å². The first kappa shape index (κ1) is 11.0. The molecule has 0 saturated carbocycles. The molecule has 3 aromatic rings. The maximum absolute atomic E-state index is 5.95. The normalized spacial score (nSPS) is 10.9. The first-order chi connectivity index (χ1) is 8.22. The van der Waals surface area contributed by atoms with Gasteiger partial charge in [-0.15, -0.1) is 0 Å². The third kappa shape index (κ3) is 2.17. The van der Waals surface area contributed by atoms with Crippen LogP contribution in [0.1, 0.15) is 0 Å².